The van der Waals surface area contributed by atoms with Crippen molar-refractivity contribution in [3.63, 3.8) is 0 Å². The average Bonchev–Trinajstić information content (AvgIpc) is 4.05. The van der Waals surface area contributed by atoms with E-state index in [1.54, 1.807) is 6.08 Å². The number of nitrogens with zero attached hydrogens (tertiary/aromatic N) is 2. The second kappa shape index (κ2) is 23.0. The number of hydrogen-bond donors (Lipinski definition) is 2. The van der Waals surface area contributed by atoms with Gasteiger partial charge < -0.3 is 15.3 Å². The van der Waals surface area contributed by atoms with Crippen molar-refractivity contribution in [2.24, 2.45) is 10.7 Å². The minimum atomic E-state index is 0.151. The predicted molar refractivity (Wildman–Crippen MR) is 296 cm³/mol. The zero-order chi connectivity index (χ0) is 47.9. The summed E-state index contributed by atoms with van der Waals surface area (Å²) in [4.78, 5) is 8.10. The van der Waals surface area contributed by atoms with Gasteiger partial charge in [0.05, 0.1) is 16.6 Å². The van der Waals surface area contributed by atoms with Crippen molar-refractivity contribution in [1.29, 1.82) is 0 Å². The molecule has 0 spiro atoms. The molecular formula is C63H66N4. The third-order valence-corrected chi connectivity index (χ3v) is 11.8. The number of nitrogens with two attached hydrogens (primary N) is 1. The Labute approximate surface area is 398 Å². The quantitative estimate of drug-likeness (QED) is 0.0935. The standard InChI is InChI=1S/C29H22N2.C16H16.C14H16N2.2C2H6/c1-2-3-5-11-22-19-21-10-8-9-14-24(21)26-25-16-15-20-17-18-31(23-12-6-4-7-13-23)29(20)28(25)30-27(22)26;1-11-8-9-13-12-6-4-5-7-14(12)16(2,3)15(13)10-11;1-3-4-6-9-12(2)16-14(15)13-10-7-5-8-11-13;2*1-2/h2-19,30H,1H3;4-10H,1-3H3;3-11H,1H2,2H3,(H2,15,16);2*1-2H3/b3-2-,11-5-;;6-4-,12-9-;;. The molecule has 1 aliphatic carbocycles. The first-order chi connectivity index (χ1) is 32.7. The molecule has 3 N–H and O–H groups in total. The maximum Gasteiger partial charge on any atom is 0.130 e. The fourth-order valence-corrected chi connectivity index (χ4v) is 8.67. The number of aliphatic imine (C=N–C) groups is 1. The molecule has 2 aromatic heterocycles. The zero-order valence-electron chi connectivity index (χ0n) is 40.8. The van der Waals surface area contributed by atoms with Crippen molar-refractivity contribution in [3.05, 3.63) is 240 Å². The number of aromatic nitrogens is 2. The highest BCUT2D eigenvalue weighted by Gasteiger charge is 2.34. The molecule has 0 unspecified atom stereocenters. The van der Waals surface area contributed by atoms with Crippen LogP contribution < -0.4 is 5.73 Å². The summed E-state index contributed by atoms with van der Waals surface area (Å²) >= 11 is 0. The normalized spacial score (nSPS) is 12.8. The van der Waals surface area contributed by atoms with Crippen LogP contribution in [0.25, 0.3) is 66.4 Å². The molecule has 4 nitrogen and oxygen atoms in total. The Bertz CT molecular complexity index is 3240. The van der Waals surface area contributed by atoms with E-state index < -0.39 is 0 Å². The number of fused-ring (bicyclic) bond motifs is 10. The van der Waals surface area contributed by atoms with E-state index in [9.17, 15) is 0 Å². The van der Waals surface area contributed by atoms with Crippen LogP contribution in [0.2, 0.25) is 0 Å². The van der Waals surface area contributed by atoms with Gasteiger partial charge in [-0.2, -0.15) is 0 Å². The Kier molecular flexibility index (Phi) is 16.7. The molecule has 4 heteroatoms. The highest BCUT2D eigenvalue weighted by molar-refractivity contribution is 6.26. The summed E-state index contributed by atoms with van der Waals surface area (Å²) in [6.45, 7) is 22.3. The van der Waals surface area contributed by atoms with Gasteiger partial charge in [-0.3, -0.25) is 0 Å². The third kappa shape index (κ3) is 10.7. The monoisotopic (exact) mass is 879 g/mol. The van der Waals surface area contributed by atoms with Crippen LogP contribution in [-0.4, -0.2) is 15.4 Å². The van der Waals surface area contributed by atoms with Gasteiger partial charge >= 0.3 is 0 Å². The minimum absolute atomic E-state index is 0.151. The van der Waals surface area contributed by atoms with Crippen molar-refractivity contribution >= 4 is 55.4 Å². The van der Waals surface area contributed by atoms with Crippen molar-refractivity contribution in [2.75, 3.05) is 0 Å². The lowest BCUT2D eigenvalue weighted by Crippen LogP contribution is -2.14. The van der Waals surface area contributed by atoms with Gasteiger partial charge in [0.25, 0.3) is 0 Å². The van der Waals surface area contributed by atoms with Crippen molar-refractivity contribution in [3.8, 4) is 16.8 Å². The molecule has 0 amide bonds. The Morgan fingerprint density at radius 2 is 1.33 bits per heavy atom. The van der Waals surface area contributed by atoms with Gasteiger partial charge in [0.2, 0.25) is 0 Å². The Balaban J connectivity index is 0.000000175. The molecule has 2 heterocycles. The number of rotatable bonds is 7. The zero-order valence-corrected chi connectivity index (χ0v) is 40.8. The summed E-state index contributed by atoms with van der Waals surface area (Å²) in [5.74, 6) is 0.529. The number of aryl methyl sites for hydroxylation is 1. The van der Waals surface area contributed by atoms with Crippen molar-refractivity contribution in [1.82, 2.24) is 9.55 Å². The Morgan fingerprint density at radius 3 is 2.06 bits per heavy atom. The molecule has 0 bridgehead atoms. The minimum Gasteiger partial charge on any atom is -0.383 e. The van der Waals surface area contributed by atoms with E-state index in [4.69, 9.17) is 5.73 Å². The highest BCUT2D eigenvalue weighted by Crippen LogP contribution is 2.48. The summed E-state index contributed by atoms with van der Waals surface area (Å²) < 4.78 is 2.28. The molecule has 10 rings (SSSR count). The van der Waals surface area contributed by atoms with Gasteiger partial charge in [0, 0.05) is 44.7 Å². The fourth-order valence-electron chi connectivity index (χ4n) is 8.67. The fraction of sp³-hybridized carbons (Fsp3) is 0.159. The number of aromatic amines is 1. The summed E-state index contributed by atoms with van der Waals surface area (Å²) in [7, 11) is 0. The lowest BCUT2D eigenvalue weighted by atomic mass is 9.82. The van der Waals surface area contributed by atoms with E-state index in [0.29, 0.717) is 5.84 Å². The predicted octanol–water partition coefficient (Wildman–Crippen LogP) is 17.4. The first-order valence-electron chi connectivity index (χ1n) is 23.6. The van der Waals surface area contributed by atoms with E-state index in [1.807, 2.05) is 90.1 Å². The second-order valence-corrected chi connectivity index (χ2v) is 16.4. The maximum absolute atomic E-state index is 5.87. The van der Waals surface area contributed by atoms with Crippen LogP contribution >= 0.6 is 0 Å². The number of allylic oxidation sites excluding steroid dienone is 8. The molecular weight excluding hydrogens is 813 g/mol. The molecule has 0 saturated heterocycles. The average molecular weight is 879 g/mol. The maximum atomic E-state index is 5.87. The molecule has 9 aromatic rings. The number of amidine groups is 1. The molecule has 0 saturated carbocycles. The number of nitrogens with one attached hydrogen (secondary N) is 1. The highest BCUT2D eigenvalue weighted by atomic mass is 15.0. The summed E-state index contributed by atoms with van der Waals surface area (Å²) in [5, 5.41) is 6.32. The van der Waals surface area contributed by atoms with E-state index in [-0.39, 0.29) is 5.41 Å². The molecule has 0 atom stereocenters. The van der Waals surface area contributed by atoms with Crippen LogP contribution in [0, 0.1) is 6.92 Å². The first-order valence-corrected chi connectivity index (χ1v) is 23.6. The van der Waals surface area contributed by atoms with E-state index in [0.717, 1.165) is 11.3 Å². The van der Waals surface area contributed by atoms with E-state index in [1.165, 1.54) is 82.5 Å². The SMILES string of the molecule is C/C=C\C=C/c1cc2ccccc2c2c1[nH]c1c2ccc2ccn(-c3ccccc3)c21.C=C/C=C\C=C(\C)N=C(N)c1ccccc1.CC.CC.Cc1ccc2c(c1)C(C)(C)c1ccccc1-2. The summed E-state index contributed by atoms with van der Waals surface area (Å²) in [5.41, 5.74) is 20.8. The topological polar surface area (TPSA) is 59.1 Å². The van der Waals surface area contributed by atoms with Crippen LogP contribution in [0.5, 0.6) is 0 Å². The van der Waals surface area contributed by atoms with Gasteiger partial charge in [-0.05, 0) is 89.7 Å². The van der Waals surface area contributed by atoms with Gasteiger partial charge in [-0.25, -0.2) is 4.99 Å². The third-order valence-electron chi connectivity index (χ3n) is 11.8. The molecule has 0 radical (unpaired) electrons. The van der Waals surface area contributed by atoms with Gasteiger partial charge in [-0.15, -0.1) is 0 Å². The van der Waals surface area contributed by atoms with Gasteiger partial charge in [0.15, 0.2) is 0 Å². The Morgan fingerprint density at radius 1 is 0.657 bits per heavy atom. The smallest absolute Gasteiger partial charge is 0.130 e. The largest absolute Gasteiger partial charge is 0.383 e. The van der Waals surface area contributed by atoms with Crippen molar-refractivity contribution < 1.29 is 0 Å². The number of H-pyrrole nitrogens is 1. The lowest BCUT2D eigenvalue weighted by Gasteiger charge is -2.21. The molecule has 0 fully saturated rings. The molecule has 67 heavy (non-hydrogen) atoms. The molecule has 338 valence electrons. The van der Waals surface area contributed by atoms with Crippen LogP contribution in [0.4, 0.5) is 0 Å². The molecule has 0 aliphatic heterocycles. The van der Waals surface area contributed by atoms with Crippen molar-refractivity contribution in [2.45, 2.75) is 67.7 Å². The molecule has 1 aliphatic rings. The second-order valence-electron chi connectivity index (χ2n) is 16.4. The van der Waals surface area contributed by atoms with Gasteiger partial charge in [-0.1, -0.05) is 224 Å². The number of hydrogen-bond acceptors (Lipinski definition) is 1. The van der Waals surface area contributed by atoms with Crippen LogP contribution in [0.15, 0.2) is 218 Å². The number of benzene rings is 7. The van der Waals surface area contributed by atoms with E-state index in [2.05, 4.69) is 194 Å². The van der Waals surface area contributed by atoms with Crippen LogP contribution in [0.3, 0.4) is 0 Å². The first kappa shape index (κ1) is 48.8. The number of para-hydroxylation sites is 1. The van der Waals surface area contributed by atoms with Gasteiger partial charge in [0.1, 0.15) is 5.84 Å². The summed E-state index contributed by atoms with van der Waals surface area (Å²) in [6, 6.07) is 53.4. The van der Waals surface area contributed by atoms with Crippen LogP contribution in [-0.2, 0) is 5.41 Å². The summed E-state index contributed by atoms with van der Waals surface area (Å²) in [6.07, 6.45) is 17.9. The Hall–Kier alpha value is -7.69. The lowest BCUT2D eigenvalue weighted by molar-refractivity contribution is 0.660. The van der Waals surface area contributed by atoms with Crippen LogP contribution in [0.1, 0.15) is 83.2 Å². The van der Waals surface area contributed by atoms with E-state index >= 15 is 0 Å². The molecule has 7 aromatic carbocycles.